The Morgan fingerprint density at radius 2 is 1.65 bits per heavy atom. The van der Waals surface area contributed by atoms with Gasteiger partial charge in [0.25, 0.3) is 0 Å². The number of thioether (sulfide) groups is 1. The lowest BCUT2D eigenvalue weighted by Crippen LogP contribution is -2.19. The average Bonchev–Trinajstić information content (AvgIpc) is 3.17. The number of nitrogens with zero attached hydrogens (tertiary/aromatic N) is 1. The van der Waals surface area contributed by atoms with E-state index in [4.69, 9.17) is 0 Å². The molecule has 8 heteroatoms. The van der Waals surface area contributed by atoms with Crippen LogP contribution in [0.2, 0.25) is 0 Å². The number of hydrogen-bond donors (Lipinski definition) is 3. The van der Waals surface area contributed by atoms with Gasteiger partial charge in [0.2, 0.25) is 5.91 Å². The quantitative estimate of drug-likeness (QED) is 0.317. The molecule has 0 aliphatic carbocycles. The van der Waals surface area contributed by atoms with Crippen molar-refractivity contribution in [2.24, 2.45) is 0 Å². The molecule has 1 heterocycles. The predicted octanol–water partition coefficient (Wildman–Crippen LogP) is 5.98. The number of carbonyl (C=O) groups is 2. The summed E-state index contributed by atoms with van der Waals surface area (Å²) in [7, 11) is 0. The summed E-state index contributed by atoms with van der Waals surface area (Å²) < 4.78 is 1.75. The summed E-state index contributed by atoms with van der Waals surface area (Å²) in [5.74, 6) is 0.206. The lowest BCUT2D eigenvalue weighted by Gasteiger charge is -2.07. The van der Waals surface area contributed by atoms with Gasteiger partial charge in [-0.2, -0.15) is 0 Å². The van der Waals surface area contributed by atoms with E-state index >= 15 is 0 Å². The Bertz CT molecular complexity index is 1220. The Morgan fingerprint density at radius 3 is 2.45 bits per heavy atom. The van der Waals surface area contributed by atoms with Crippen LogP contribution in [0.4, 0.5) is 21.9 Å². The lowest BCUT2D eigenvalue weighted by molar-refractivity contribution is -0.113. The van der Waals surface area contributed by atoms with Crippen molar-refractivity contribution in [3.8, 4) is 0 Å². The first-order valence-corrected chi connectivity index (χ1v) is 11.4. The van der Waals surface area contributed by atoms with Crippen molar-refractivity contribution in [3.63, 3.8) is 0 Å². The van der Waals surface area contributed by atoms with Gasteiger partial charge in [0.15, 0.2) is 4.34 Å². The molecule has 0 atom stereocenters. The molecule has 0 unspecified atom stereocenters. The fraction of sp³-hybridized carbons (Fsp3) is 0.0870. The van der Waals surface area contributed by atoms with Crippen LogP contribution in [0.5, 0.6) is 0 Å². The fourth-order valence-electron chi connectivity index (χ4n) is 2.88. The van der Waals surface area contributed by atoms with Gasteiger partial charge in [-0.25, -0.2) is 9.78 Å². The van der Waals surface area contributed by atoms with E-state index in [1.165, 1.54) is 23.1 Å². The van der Waals surface area contributed by atoms with Crippen LogP contribution in [-0.4, -0.2) is 22.7 Å². The van der Waals surface area contributed by atoms with Crippen molar-refractivity contribution in [1.29, 1.82) is 0 Å². The second-order valence-corrected chi connectivity index (χ2v) is 9.01. The van der Waals surface area contributed by atoms with E-state index in [-0.39, 0.29) is 17.7 Å². The van der Waals surface area contributed by atoms with Gasteiger partial charge < -0.3 is 16.0 Å². The van der Waals surface area contributed by atoms with Crippen LogP contribution in [0, 0.1) is 6.92 Å². The SMILES string of the molecule is Cc1ccccc1NC(=O)CSc1nc2ccc(NC(=O)Nc3ccccc3)cc2s1. The summed E-state index contributed by atoms with van der Waals surface area (Å²) >= 11 is 2.89. The molecule has 156 valence electrons. The van der Waals surface area contributed by atoms with Crippen LogP contribution < -0.4 is 16.0 Å². The van der Waals surface area contributed by atoms with Crippen LogP contribution in [0.25, 0.3) is 10.2 Å². The number of hydrogen-bond acceptors (Lipinski definition) is 5. The lowest BCUT2D eigenvalue weighted by atomic mass is 10.2. The van der Waals surface area contributed by atoms with Crippen LogP contribution in [0.15, 0.2) is 77.1 Å². The van der Waals surface area contributed by atoms with Gasteiger partial charge >= 0.3 is 6.03 Å². The number of aromatic nitrogens is 1. The highest BCUT2D eigenvalue weighted by Crippen LogP contribution is 2.31. The highest BCUT2D eigenvalue weighted by Gasteiger charge is 2.10. The van der Waals surface area contributed by atoms with Gasteiger partial charge in [0, 0.05) is 17.1 Å². The highest BCUT2D eigenvalue weighted by molar-refractivity contribution is 8.01. The normalized spacial score (nSPS) is 10.6. The summed E-state index contributed by atoms with van der Waals surface area (Å²) in [6.45, 7) is 1.96. The second kappa shape index (κ2) is 9.63. The molecular formula is C23H20N4O2S2. The minimum Gasteiger partial charge on any atom is -0.325 e. The van der Waals surface area contributed by atoms with Crippen molar-refractivity contribution >= 4 is 62.3 Å². The van der Waals surface area contributed by atoms with Gasteiger partial charge in [0.05, 0.1) is 16.0 Å². The van der Waals surface area contributed by atoms with Crippen molar-refractivity contribution in [1.82, 2.24) is 4.98 Å². The Hall–Kier alpha value is -3.36. The zero-order chi connectivity index (χ0) is 21.6. The first-order valence-electron chi connectivity index (χ1n) is 9.59. The molecule has 0 fully saturated rings. The summed E-state index contributed by atoms with van der Waals surface area (Å²) in [5.41, 5.74) is 4.08. The molecule has 0 saturated heterocycles. The molecule has 0 aliphatic heterocycles. The number of benzene rings is 3. The van der Waals surface area contributed by atoms with Crippen molar-refractivity contribution in [3.05, 3.63) is 78.4 Å². The summed E-state index contributed by atoms with van der Waals surface area (Å²) in [6.07, 6.45) is 0. The third-order valence-electron chi connectivity index (χ3n) is 4.40. The van der Waals surface area contributed by atoms with E-state index in [9.17, 15) is 9.59 Å². The summed E-state index contributed by atoms with van der Waals surface area (Å²) in [4.78, 5) is 29.0. The molecule has 4 aromatic rings. The number of thiazole rings is 1. The number of carbonyl (C=O) groups excluding carboxylic acids is 2. The molecule has 0 radical (unpaired) electrons. The van der Waals surface area contributed by atoms with E-state index in [1.54, 1.807) is 0 Å². The molecule has 31 heavy (non-hydrogen) atoms. The maximum absolute atomic E-state index is 12.3. The molecule has 3 amide bonds. The highest BCUT2D eigenvalue weighted by atomic mass is 32.2. The molecule has 6 nitrogen and oxygen atoms in total. The van der Waals surface area contributed by atoms with Gasteiger partial charge in [0.1, 0.15) is 0 Å². The maximum atomic E-state index is 12.3. The number of rotatable bonds is 6. The second-order valence-electron chi connectivity index (χ2n) is 6.76. The zero-order valence-corrected chi connectivity index (χ0v) is 18.3. The van der Waals surface area contributed by atoms with Crippen molar-refractivity contribution < 1.29 is 9.59 Å². The van der Waals surface area contributed by atoms with E-state index < -0.39 is 0 Å². The van der Waals surface area contributed by atoms with Crippen LogP contribution in [-0.2, 0) is 4.79 Å². The molecule has 0 spiro atoms. The van der Waals surface area contributed by atoms with Crippen molar-refractivity contribution in [2.45, 2.75) is 11.3 Å². The third kappa shape index (κ3) is 5.62. The predicted molar refractivity (Wildman–Crippen MR) is 129 cm³/mol. The van der Waals surface area contributed by atoms with E-state index in [0.29, 0.717) is 5.69 Å². The minimum absolute atomic E-state index is 0.0708. The molecule has 3 aromatic carbocycles. The number of amides is 3. The Kier molecular flexibility index (Phi) is 6.49. The Morgan fingerprint density at radius 1 is 0.903 bits per heavy atom. The topological polar surface area (TPSA) is 83.1 Å². The van der Waals surface area contributed by atoms with E-state index in [2.05, 4.69) is 20.9 Å². The smallest absolute Gasteiger partial charge is 0.323 e. The van der Waals surface area contributed by atoms with E-state index in [1.807, 2.05) is 79.7 Å². The number of urea groups is 1. The molecule has 4 rings (SSSR count). The van der Waals surface area contributed by atoms with Gasteiger partial charge in [-0.15, -0.1) is 11.3 Å². The number of aryl methyl sites for hydroxylation is 1. The number of anilines is 3. The monoisotopic (exact) mass is 448 g/mol. The number of fused-ring (bicyclic) bond motifs is 1. The first kappa shape index (κ1) is 20.9. The standard InChI is InChI=1S/C23H20N4O2S2/c1-15-7-5-6-10-18(15)26-21(28)14-30-23-27-19-12-11-17(13-20(19)31-23)25-22(29)24-16-8-3-2-4-9-16/h2-13H,14H2,1H3,(H,26,28)(H2,24,25,29). The molecule has 0 saturated carbocycles. The van der Waals surface area contributed by atoms with Crippen LogP contribution in [0.3, 0.4) is 0 Å². The largest absolute Gasteiger partial charge is 0.325 e. The fourth-order valence-corrected chi connectivity index (χ4v) is 4.79. The molecule has 1 aromatic heterocycles. The first-order chi connectivity index (χ1) is 15.1. The Labute approximate surface area is 188 Å². The summed E-state index contributed by atoms with van der Waals surface area (Å²) in [5, 5.41) is 8.55. The molecule has 0 aliphatic rings. The minimum atomic E-state index is -0.308. The molecule has 0 bridgehead atoms. The number of nitrogens with one attached hydrogen (secondary N) is 3. The van der Waals surface area contributed by atoms with E-state index in [0.717, 1.165) is 31.5 Å². The third-order valence-corrected chi connectivity index (χ3v) is 6.57. The van der Waals surface area contributed by atoms with Crippen LogP contribution >= 0.6 is 23.1 Å². The number of para-hydroxylation sites is 2. The zero-order valence-electron chi connectivity index (χ0n) is 16.7. The van der Waals surface area contributed by atoms with Gasteiger partial charge in [-0.1, -0.05) is 48.2 Å². The summed E-state index contributed by atoms with van der Waals surface area (Å²) in [6, 6.07) is 22.2. The maximum Gasteiger partial charge on any atom is 0.323 e. The van der Waals surface area contributed by atoms with Gasteiger partial charge in [-0.05, 0) is 48.9 Å². The van der Waals surface area contributed by atoms with Crippen LogP contribution in [0.1, 0.15) is 5.56 Å². The average molecular weight is 449 g/mol. The van der Waals surface area contributed by atoms with Crippen molar-refractivity contribution in [2.75, 3.05) is 21.7 Å². The Balaban J connectivity index is 1.35. The van der Waals surface area contributed by atoms with Gasteiger partial charge in [-0.3, -0.25) is 4.79 Å². The molecule has 3 N–H and O–H groups in total. The molecular weight excluding hydrogens is 428 g/mol.